The van der Waals surface area contributed by atoms with Crippen molar-refractivity contribution in [2.75, 3.05) is 26.4 Å². The smallest absolute Gasteiger partial charge is 0.288 e. The fourth-order valence-electron chi connectivity index (χ4n) is 3.90. The van der Waals surface area contributed by atoms with E-state index in [0.717, 1.165) is 11.0 Å². The average Bonchev–Trinajstić information content (AvgIpc) is 3.48. The van der Waals surface area contributed by atoms with E-state index in [2.05, 4.69) is 20.7 Å². The second-order valence-electron chi connectivity index (χ2n) is 8.75. The zero-order valence-electron chi connectivity index (χ0n) is 20.1. The van der Waals surface area contributed by atoms with Gasteiger partial charge in [-0.3, -0.25) is 14.4 Å². The largest absolute Gasteiger partial charge is 0.394 e. The summed E-state index contributed by atoms with van der Waals surface area (Å²) >= 11 is 0. The van der Waals surface area contributed by atoms with E-state index in [1.165, 1.54) is 0 Å². The minimum absolute atomic E-state index is 0.0856. The summed E-state index contributed by atoms with van der Waals surface area (Å²) in [5, 5.41) is 67.8. The number of carbonyl (C=O) groups is 3. The number of nitrogens with two attached hydrogens (primary N) is 1. The van der Waals surface area contributed by atoms with Crippen LogP contribution in [0.15, 0.2) is 6.33 Å². The Morgan fingerprint density at radius 1 is 1.03 bits per heavy atom. The molecule has 0 spiro atoms. The zero-order valence-corrected chi connectivity index (χ0v) is 20.1. The van der Waals surface area contributed by atoms with E-state index in [1.54, 1.807) is 0 Å². The first kappa shape index (κ1) is 29.7. The van der Waals surface area contributed by atoms with Crippen molar-refractivity contribution in [1.82, 2.24) is 25.4 Å². The van der Waals surface area contributed by atoms with Crippen molar-refractivity contribution in [2.45, 2.75) is 68.0 Å². The van der Waals surface area contributed by atoms with Crippen LogP contribution in [0.2, 0.25) is 0 Å². The van der Waals surface area contributed by atoms with Crippen LogP contribution in [-0.2, 0) is 23.8 Å². The van der Waals surface area contributed by atoms with Crippen LogP contribution in [0.1, 0.15) is 29.7 Å². The van der Waals surface area contributed by atoms with Crippen molar-refractivity contribution in [3.05, 3.63) is 12.2 Å². The van der Waals surface area contributed by atoms with E-state index in [1.807, 2.05) is 0 Å². The lowest BCUT2D eigenvalue weighted by molar-refractivity contribution is -0.253. The predicted octanol–water partition coefficient (Wildman–Crippen LogP) is -6.17. The fourth-order valence-corrected chi connectivity index (χ4v) is 3.90. The Labute approximate surface area is 215 Å². The van der Waals surface area contributed by atoms with Crippen LogP contribution in [0, 0.1) is 0 Å². The van der Waals surface area contributed by atoms with Gasteiger partial charge in [-0.15, -0.1) is 5.10 Å². The molecular formula is C20H32N6O12. The number of primary amides is 1. The SMILES string of the molecule is NC(=O)c1ncn([C@@H]2O[C@H](COCC(=O)NCCCC(=O)NC3C(O)[C@@H](O)C(CO)O[C@H]3O)[C@@H](O)[C@H]2O)n1. The second-order valence-corrected chi connectivity index (χ2v) is 8.75. The maximum Gasteiger partial charge on any atom is 0.288 e. The molecule has 0 bridgehead atoms. The molecule has 3 unspecified atom stereocenters. The van der Waals surface area contributed by atoms with Crippen molar-refractivity contribution in [1.29, 1.82) is 0 Å². The first-order chi connectivity index (χ1) is 18.0. The number of hydrogen-bond donors (Lipinski definition) is 9. The molecule has 0 saturated carbocycles. The number of carbonyl (C=O) groups excluding carboxylic acids is 3. The van der Waals surface area contributed by atoms with Crippen LogP contribution in [0.25, 0.3) is 0 Å². The van der Waals surface area contributed by atoms with Crippen LogP contribution < -0.4 is 16.4 Å². The van der Waals surface area contributed by atoms with Crippen molar-refractivity contribution in [2.24, 2.45) is 5.73 Å². The molecule has 10 N–H and O–H groups in total. The summed E-state index contributed by atoms with van der Waals surface area (Å²) in [6.45, 7) is -1.19. The lowest BCUT2D eigenvalue weighted by Gasteiger charge is -2.40. The Balaban J connectivity index is 1.31. The Hall–Kier alpha value is -2.81. The molecule has 214 valence electrons. The number of amides is 3. The highest BCUT2D eigenvalue weighted by molar-refractivity contribution is 5.88. The molecule has 2 fully saturated rings. The Morgan fingerprint density at radius 3 is 2.39 bits per heavy atom. The van der Waals surface area contributed by atoms with Crippen molar-refractivity contribution in [3.8, 4) is 0 Å². The van der Waals surface area contributed by atoms with Crippen molar-refractivity contribution >= 4 is 17.7 Å². The van der Waals surface area contributed by atoms with Gasteiger partial charge >= 0.3 is 0 Å². The third kappa shape index (κ3) is 7.18. The van der Waals surface area contributed by atoms with Gasteiger partial charge in [0.05, 0.1) is 13.2 Å². The zero-order chi connectivity index (χ0) is 28.0. The summed E-state index contributed by atoms with van der Waals surface area (Å²) in [5.74, 6) is -2.27. The molecule has 2 aliphatic rings. The number of ether oxygens (including phenoxy) is 3. The van der Waals surface area contributed by atoms with Crippen LogP contribution in [0.5, 0.6) is 0 Å². The number of aliphatic hydroxyl groups is 6. The van der Waals surface area contributed by atoms with Crippen molar-refractivity contribution < 1.29 is 59.2 Å². The van der Waals surface area contributed by atoms with Gasteiger partial charge in [0.2, 0.25) is 17.6 Å². The Morgan fingerprint density at radius 2 is 1.74 bits per heavy atom. The van der Waals surface area contributed by atoms with Gasteiger partial charge in [0.25, 0.3) is 5.91 Å². The quantitative estimate of drug-likeness (QED) is 0.110. The molecular weight excluding hydrogens is 516 g/mol. The summed E-state index contributed by atoms with van der Waals surface area (Å²) in [5.41, 5.74) is 5.08. The number of hydrogen-bond acceptors (Lipinski definition) is 14. The lowest BCUT2D eigenvalue weighted by atomic mass is 9.97. The maximum atomic E-state index is 12.1. The summed E-state index contributed by atoms with van der Waals surface area (Å²) in [7, 11) is 0. The summed E-state index contributed by atoms with van der Waals surface area (Å²) in [4.78, 5) is 38.9. The predicted molar refractivity (Wildman–Crippen MR) is 119 cm³/mol. The van der Waals surface area contributed by atoms with E-state index in [0.29, 0.717) is 0 Å². The third-order valence-electron chi connectivity index (χ3n) is 5.97. The van der Waals surface area contributed by atoms with Crippen LogP contribution >= 0.6 is 0 Å². The molecule has 18 nitrogen and oxygen atoms in total. The van der Waals surface area contributed by atoms with E-state index < -0.39 is 86.1 Å². The van der Waals surface area contributed by atoms with Gasteiger partial charge in [-0.1, -0.05) is 0 Å². The van der Waals surface area contributed by atoms with E-state index in [9.17, 15) is 39.9 Å². The summed E-state index contributed by atoms with van der Waals surface area (Å²) in [6, 6.07) is -1.30. The monoisotopic (exact) mass is 548 g/mol. The van der Waals surface area contributed by atoms with E-state index in [4.69, 9.17) is 25.1 Å². The van der Waals surface area contributed by atoms with Crippen LogP contribution in [0.4, 0.5) is 0 Å². The highest BCUT2D eigenvalue weighted by atomic mass is 16.6. The summed E-state index contributed by atoms with van der Waals surface area (Å²) in [6.07, 6.45) is -9.59. The highest BCUT2D eigenvalue weighted by Gasteiger charge is 2.45. The molecule has 0 aliphatic carbocycles. The molecule has 1 aromatic rings. The molecule has 9 atom stereocenters. The Bertz CT molecular complexity index is 965. The van der Waals surface area contributed by atoms with E-state index in [-0.39, 0.29) is 31.8 Å². The van der Waals surface area contributed by atoms with Crippen LogP contribution in [-0.4, -0.2) is 138 Å². The number of rotatable bonds is 12. The normalized spacial score (nSPS) is 33.2. The fraction of sp³-hybridized carbons (Fsp3) is 0.750. The first-order valence-electron chi connectivity index (χ1n) is 11.7. The molecule has 18 heteroatoms. The molecule has 2 saturated heterocycles. The second kappa shape index (κ2) is 13.3. The van der Waals surface area contributed by atoms with E-state index >= 15 is 0 Å². The minimum atomic E-state index is -1.63. The van der Waals surface area contributed by atoms with Gasteiger partial charge in [0.1, 0.15) is 55.6 Å². The van der Waals surface area contributed by atoms with Gasteiger partial charge in [0, 0.05) is 13.0 Å². The molecule has 2 aliphatic heterocycles. The van der Waals surface area contributed by atoms with Gasteiger partial charge in [-0.2, -0.15) is 0 Å². The standard InChI is InChI=1S/C20H32N6O12/c21-17(34)18-23-7-26(25-18)19-16(33)14(31)9(37-19)5-36-6-11(29)22-3-1-2-10(28)24-12-15(32)13(30)8(4-27)38-20(12)35/h7-9,12-16,19-20,27,30-33,35H,1-6H2,(H2,21,34)(H,22,29)(H,24,28)/t8?,9-,12?,13+,14-,15?,16-,19-,20-/m1/s1. The first-order valence-corrected chi connectivity index (χ1v) is 11.7. The number of aliphatic hydroxyl groups excluding tert-OH is 6. The number of nitrogens with zero attached hydrogens (tertiary/aromatic N) is 3. The molecule has 0 aromatic carbocycles. The minimum Gasteiger partial charge on any atom is -0.394 e. The van der Waals surface area contributed by atoms with Gasteiger partial charge in [-0.25, -0.2) is 9.67 Å². The number of aromatic nitrogens is 3. The lowest BCUT2D eigenvalue weighted by Crippen LogP contribution is -2.64. The summed E-state index contributed by atoms with van der Waals surface area (Å²) < 4.78 is 16.7. The van der Waals surface area contributed by atoms with Gasteiger partial charge in [0.15, 0.2) is 12.5 Å². The highest BCUT2D eigenvalue weighted by Crippen LogP contribution is 2.29. The maximum absolute atomic E-state index is 12.1. The van der Waals surface area contributed by atoms with Crippen molar-refractivity contribution in [3.63, 3.8) is 0 Å². The molecule has 3 amide bonds. The third-order valence-corrected chi connectivity index (χ3v) is 5.97. The Kier molecular flexibility index (Phi) is 10.4. The average molecular weight is 549 g/mol. The molecule has 3 rings (SSSR count). The molecule has 1 aromatic heterocycles. The van der Waals surface area contributed by atoms with Gasteiger partial charge < -0.3 is 61.2 Å². The molecule has 38 heavy (non-hydrogen) atoms. The van der Waals surface area contributed by atoms with Gasteiger partial charge in [-0.05, 0) is 6.42 Å². The number of nitrogens with one attached hydrogen (secondary N) is 2. The van der Waals surface area contributed by atoms with Crippen LogP contribution in [0.3, 0.4) is 0 Å². The topological polar surface area (TPSA) is 281 Å². The molecule has 3 heterocycles. The molecule has 0 radical (unpaired) electrons.